The zero-order chi connectivity index (χ0) is 10.1. The topological polar surface area (TPSA) is 38.4 Å². The van der Waals surface area contributed by atoms with E-state index in [9.17, 15) is 4.39 Å². The molecule has 1 aromatic carbocycles. The van der Waals surface area contributed by atoms with Crippen molar-refractivity contribution in [3.63, 3.8) is 0 Å². The molecule has 2 nitrogen and oxygen atoms in total. The van der Waals surface area contributed by atoms with Crippen molar-refractivity contribution < 1.29 is 4.39 Å². The number of nitrogens with two attached hydrogens (primary N) is 1. The minimum atomic E-state index is -0.284. The molecule has 0 atom stereocenters. The van der Waals surface area contributed by atoms with Gasteiger partial charge in [0.15, 0.2) is 0 Å². The van der Waals surface area contributed by atoms with Gasteiger partial charge < -0.3 is 5.73 Å². The third kappa shape index (κ3) is 2.12. The molecule has 0 heterocycles. The fraction of sp³-hybridized carbons (Fsp3) is 0.300. The van der Waals surface area contributed by atoms with Crippen molar-refractivity contribution in [2.75, 3.05) is 0 Å². The quantitative estimate of drug-likeness (QED) is 0.641. The Balaban J connectivity index is 2.27. The van der Waals surface area contributed by atoms with Crippen LogP contribution in [0.3, 0.4) is 0 Å². The number of hydrogen-bond acceptors (Lipinski definition) is 1. The molecule has 0 radical (unpaired) electrons. The summed E-state index contributed by atoms with van der Waals surface area (Å²) in [7, 11) is 0. The highest BCUT2D eigenvalue weighted by Crippen LogP contribution is 2.24. The molecule has 0 unspecified atom stereocenters. The minimum absolute atomic E-state index is 0.284. The molecular formula is C10H10BrFN2. The summed E-state index contributed by atoms with van der Waals surface area (Å²) in [4.78, 5) is 4.28. The van der Waals surface area contributed by atoms with Crippen molar-refractivity contribution in [3.05, 3.63) is 34.1 Å². The Morgan fingerprint density at radius 2 is 2.21 bits per heavy atom. The largest absolute Gasteiger partial charge is 0.383 e. The highest BCUT2D eigenvalue weighted by atomic mass is 79.9. The van der Waals surface area contributed by atoms with Crippen LogP contribution in [0.25, 0.3) is 0 Å². The highest BCUT2D eigenvalue weighted by Gasteiger charge is 2.20. The number of aliphatic imine (C=N–C) groups is 1. The Kier molecular flexibility index (Phi) is 2.54. The summed E-state index contributed by atoms with van der Waals surface area (Å²) in [6.45, 7) is 0. The second-order valence-electron chi connectivity index (χ2n) is 3.37. The van der Waals surface area contributed by atoms with Gasteiger partial charge in [0.25, 0.3) is 0 Å². The molecule has 74 valence electrons. The molecule has 0 spiro atoms. The van der Waals surface area contributed by atoms with E-state index in [1.165, 1.54) is 6.07 Å². The van der Waals surface area contributed by atoms with Crippen LogP contribution in [0.5, 0.6) is 0 Å². The van der Waals surface area contributed by atoms with Crippen molar-refractivity contribution in [2.45, 2.75) is 18.9 Å². The van der Waals surface area contributed by atoms with E-state index in [0.29, 0.717) is 16.4 Å². The summed E-state index contributed by atoms with van der Waals surface area (Å²) in [5.41, 5.74) is 6.53. The molecule has 1 fully saturated rings. The standard InChI is InChI=1S/C10H10BrFN2/c11-8-5-6(1-4-9(8)12)10(13)14-7-2-3-7/h1,4-5,7H,2-3H2,(H2,13,14). The van der Waals surface area contributed by atoms with Gasteiger partial charge in [0, 0.05) is 5.56 Å². The monoisotopic (exact) mass is 256 g/mol. The summed E-state index contributed by atoms with van der Waals surface area (Å²) in [6.07, 6.45) is 2.23. The molecule has 4 heteroatoms. The van der Waals surface area contributed by atoms with Crippen LogP contribution in [0.2, 0.25) is 0 Å². The van der Waals surface area contributed by atoms with Gasteiger partial charge in [0.1, 0.15) is 11.7 Å². The van der Waals surface area contributed by atoms with Gasteiger partial charge in [-0.3, -0.25) is 4.99 Å². The second kappa shape index (κ2) is 3.69. The van der Waals surface area contributed by atoms with E-state index >= 15 is 0 Å². The number of nitrogens with zero attached hydrogens (tertiary/aromatic N) is 1. The van der Waals surface area contributed by atoms with Crippen LogP contribution in [-0.4, -0.2) is 11.9 Å². The van der Waals surface area contributed by atoms with Gasteiger partial charge in [-0.1, -0.05) is 0 Å². The summed E-state index contributed by atoms with van der Waals surface area (Å²) in [5, 5.41) is 0. The van der Waals surface area contributed by atoms with E-state index in [0.717, 1.165) is 18.4 Å². The van der Waals surface area contributed by atoms with Gasteiger partial charge in [-0.2, -0.15) is 0 Å². The molecular weight excluding hydrogens is 247 g/mol. The SMILES string of the molecule is NC(=NC1CC1)c1ccc(F)c(Br)c1. The van der Waals surface area contributed by atoms with Gasteiger partial charge in [0.05, 0.1) is 10.5 Å². The summed E-state index contributed by atoms with van der Waals surface area (Å²) in [5.74, 6) is 0.209. The first-order valence-electron chi connectivity index (χ1n) is 4.45. The lowest BCUT2D eigenvalue weighted by molar-refractivity contribution is 0.621. The first-order chi connectivity index (χ1) is 6.66. The second-order valence-corrected chi connectivity index (χ2v) is 4.23. The first-order valence-corrected chi connectivity index (χ1v) is 5.25. The molecule has 2 rings (SSSR count). The number of amidine groups is 1. The smallest absolute Gasteiger partial charge is 0.137 e. The Hall–Kier alpha value is -0.900. The average molecular weight is 257 g/mol. The minimum Gasteiger partial charge on any atom is -0.383 e. The van der Waals surface area contributed by atoms with Gasteiger partial charge in [0.2, 0.25) is 0 Å². The molecule has 1 saturated carbocycles. The molecule has 1 aromatic rings. The molecule has 0 saturated heterocycles. The summed E-state index contributed by atoms with van der Waals surface area (Å²) >= 11 is 3.11. The Morgan fingerprint density at radius 1 is 1.50 bits per heavy atom. The molecule has 14 heavy (non-hydrogen) atoms. The lowest BCUT2D eigenvalue weighted by Crippen LogP contribution is -2.14. The molecule has 2 N–H and O–H groups in total. The number of benzene rings is 1. The number of rotatable bonds is 2. The van der Waals surface area contributed by atoms with E-state index in [1.807, 2.05) is 0 Å². The molecule has 0 aliphatic heterocycles. The maximum Gasteiger partial charge on any atom is 0.137 e. The normalized spacial score (nSPS) is 17.1. The van der Waals surface area contributed by atoms with Crippen LogP contribution in [0, 0.1) is 5.82 Å². The van der Waals surface area contributed by atoms with Crippen LogP contribution in [0.15, 0.2) is 27.7 Å². The third-order valence-electron chi connectivity index (χ3n) is 2.08. The van der Waals surface area contributed by atoms with Crippen molar-refractivity contribution in [3.8, 4) is 0 Å². The lowest BCUT2D eigenvalue weighted by Gasteiger charge is -2.01. The fourth-order valence-electron chi connectivity index (χ4n) is 1.13. The van der Waals surface area contributed by atoms with Crippen molar-refractivity contribution >= 4 is 21.8 Å². The third-order valence-corrected chi connectivity index (χ3v) is 2.69. The van der Waals surface area contributed by atoms with Gasteiger partial charge in [-0.05, 0) is 47.0 Å². The molecule has 1 aliphatic rings. The van der Waals surface area contributed by atoms with E-state index in [2.05, 4.69) is 20.9 Å². The fourth-order valence-corrected chi connectivity index (χ4v) is 1.51. The Morgan fingerprint density at radius 3 is 2.79 bits per heavy atom. The maximum atomic E-state index is 12.9. The molecule has 0 amide bonds. The summed E-state index contributed by atoms with van der Waals surface area (Å²) in [6, 6.07) is 5.06. The molecule has 0 aromatic heterocycles. The van der Waals surface area contributed by atoms with E-state index in [4.69, 9.17) is 5.73 Å². The van der Waals surface area contributed by atoms with Crippen LogP contribution in [0.1, 0.15) is 18.4 Å². The van der Waals surface area contributed by atoms with Gasteiger partial charge in [-0.15, -0.1) is 0 Å². The average Bonchev–Trinajstić information content (AvgIpc) is 2.93. The summed E-state index contributed by atoms with van der Waals surface area (Å²) < 4.78 is 13.3. The van der Waals surface area contributed by atoms with E-state index in [1.54, 1.807) is 12.1 Å². The van der Waals surface area contributed by atoms with E-state index < -0.39 is 0 Å². The van der Waals surface area contributed by atoms with Crippen LogP contribution < -0.4 is 5.73 Å². The van der Waals surface area contributed by atoms with Crippen molar-refractivity contribution in [1.29, 1.82) is 0 Å². The van der Waals surface area contributed by atoms with Crippen molar-refractivity contribution in [2.24, 2.45) is 10.7 Å². The Bertz CT molecular complexity index is 386. The lowest BCUT2D eigenvalue weighted by atomic mass is 10.2. The number of hydrogen-bond donors (Lipinski definition) is 1. The van der Waals surface area contributed by atoms with E-state index in [-0.39, 0.29) is 5.82 Å². The van der Waals surface area contributed by atoms with Gasteiger partial charge >= 0.3 is 0 Å². The zero-order valence-corrected chi connectivity index (χ0v) is 9.09. The Labute approximate surface area is 90.2 Å². The van der Waals surface area contributed by atoms with Crippen LogP contribution >= 0.6 is 15.9 Å². The predicted molar refractivity (Wildman–Crippen MR) is 57.8 cm³/mol. The van der Waals surface area contributed by atoms with Crippen molar-refractivity contribution in [1.82, 2.24) is 0 Å². The van der Waals surface area contributed by atoms with Crippen LogP contribution in [-0.2, 0) is 0 Å². The maximum absolute atomic E-state index is 12.9. The van der Waals surface area contributed by atoms with Crippen LogP contribution in [0.4, 0.5) is 4.39 Å². The molecule has 1 aliphatic carbocycles. The predicted octanol–water partition coefficient (Wildman–Crippen LogP) is 2.46. The molecule has 0 bridgehead atoms. The first kappa shape index (κ1) is 9.65. The zero-order valence-electron chi connectivity index (χ0n) is 7.50. The van der Waals surface area contributed by atoms with Gasteiger partial charge in [-0.25, -0.2) is 4.39 Å². The number of halogens is 2. The highest BCUT2D eigenvalue weighted by molar-refractivity contribution is 9.10.